The summed E-state index contributed by atoms with van der Waals surface area (Å²) in [7, 11) is 0. The molecule has 0 bridgehead atoms. The number of fused-ring (bicyclic) bond motifs is 1. The van der Waals surface area contributed by atoms with Gasteiger partial charge in [-0.3, -0.25) is 4.40 Å². The van der Waals surface area contributed by atoms with Crippen molar-refractivity contribution in [1.29, 1.82) is 0 Å². The zero-order valence-electron chi connectivity index (χ0n) is 7.49. The number of halogens is 1. The second-order valence-corrected chi connectivity index (χ2v) is 4.34. The van der Waals surface area contributed by atoms with E-state index in [1.54, 1.807) is 0 Å². The molecule has 5 heteroatoms. The molecular formula is C9H8BrN3S. The first-order valence-corrected chi connectivity index (χ1v) is 5.24. The first-order valence-electron chi connectivity index (χ1n) is 4.03. The maximum absolute atomic E-state index is 5.62. The molecule has 0 fully saturated rings. The molecule has 3 nitrogen and oxygen atoms in total. The monoisotopic (exact) mass is 269 g/mol. The third-order valence-corrected chi connectivity index (χ3v) is 2.68. The lowest BCUT2D eigenvalue weighted by molar-refractivity contribution is 1.16. The van der Waals surface area contributed by atoms with Crippen molar-refractivity contribution in [1.82, 2.24) is 9.38 Å². The average molecular weight is 270 g/mol. The van der Waals surface area contributed by atoms with Crippen LogP contribution in [-0.4, -0.2) is 14.4 Å². The summed E-state index contributed by atoms with van der Waals surface area (Å²) in [6.45, 7) is 1.90. The first kappa shape index (κ1) is 9.61. The first-order chi connectivity index (χ1) is 6.59. The number of nitrogens with zero attached hydrogens (tertiary/aromatic N) is 2. The average Bonchev–Trinajstić information content (AvgIpc) is 2.39. The Morgan fingerprint density at radius 2 is 2.36 bits per heavy atom. The molecule has 2 N–H and O–H groups in total. The molecular weight excluding hydrogens is 262 g/mol. The lowest BCUT2D eigenvalue weighted by Crippen LogP contribution is -2.13. The van der Waals surface area contributed by atoms with Crippen molar-refractivity contribution < 1.29 is 0 Å². The van der Waals surface area contributed by atoms with E-state index in [0.717, 1.165) is 21.5 Å². The third-order valence-electron chi connectivity index (χ3n) is 2.00. The minimum atomic E-state index is 0.373. The Morgan fingerprint density at radius 1 is 1.64 bits per heavy atom. The van der Waals surface area contributed by atoms with Gasteiger partial charge in [-0.1, -0.05) is 28.1 Å². The van der Waals surface area contributed by atoms with E-state index < -0.39 is 0 Å². The van der Waals surface area contributed by atoms with E-state index in [4.69, 9.17) is 18.0 Å². The normalized spacial score (nSPS) is 10.7. The highest BCUT2D eigenvalue weighted by atomic mass is 79.9. The molecule has 0 radical (unpaired) electrons. The summed E-state index contributed by atoms with van der Waals surface area (Å²) in [6.07, 6.45) is 1.90. The Hall–Kier alpha value is -0.940. The fourth-order valence-electron chi connectivity index (χ4n) is 1.43. The Balaban J connectivity index is 2.84. The molecule has 72 valence electrons. The van der Waals surface area contributed by atoms with Gasteiger partial charge in [0.15, 0.2) is 0 Å². The highest BCUT2D eigenvalue weighted by Crippen LogP contribution is 2.16. The van der Waals surface area contributed by atoms with Gasteiger partial charge >= 0.3 is 0 Å². The number of rotatable bonds is 1. The lowest BCUT2D eigenvalue weighted by atomic mass is 10.3. The summed E-state index contributed by atoms with van der Waals surface area (Å²) in [5, 5.41) is 0. The van der Waals surface area contributed by atoms with Gasteiger partial charge in [-0.05, 0) is 19.1 Å². The Kier molecular flexibility index (Phi) is 2.28. The van der Waals surface area contributed by atoms with Gasteiger partial charge in [-0.2, -0.15) is 0 Å². The molecule has 0 saturated carbocycles. The van der Waals surface area contributed by atoms with Crippen LogP contribution in [-0.2, 0) is 0 Å². The highest BCUT2D eigenvalue weighted by molar-refractivity contribution is 9.10. The van der Waals surface area contributed by atoms with Gasteiger partial charge in [0.2, 0.25) is 0 Å². The number of aryl methyl sites for hydroxylation is 1. The second kappa shape index (κ2) is 3.33. The van der Waals surface area contributed by atoms with Crippen LogP contribution in [0, 0.1) is 6.92 Å². The van der Waals surface area contributed by atoms with E-state index in [1.807, 2.05) is 29.7 Å². The maximum atomic E-state index is 5.62. The second-order valence-electron chi connectivity index (χ2n) is 2.98. The zero-order valence-corrected chi connectivity index (χ0v) is 9.89. The highest BCUT2D eigenvalue weighted by Gasteiger charge is 2.10. The molecule has 0 atom stereocenters. The number of pyridine rings is 1. The molecule has 0 amide bonds. The smallest absolute Gasteiger partial charge is 0.138 e. The van der Waals surface area contributed by atoms with E-state index in [0.29, 0.717) is 4.99 Å². The standard InChI is InChI=1S/C9H8BrN3S/c1-5-8(9(11)14)13-3-2-6(10)4-7(13)12-5/h2-4H,1H3,(H2,11,14). The number of aromatic nitrogens is 2. The van der Waals surface area contributed by atoms with E-state index >= 15 is 0 Å². The molecule has 0 aromatic carbocycles. The minimum Gasteiger partial charge on any atom is -0.388 e. The van der Waals surface area contributed by atoms with Crippen LogP contribution in [0.3, 0.4) is 0 Å². The molecule has 0 aliphatic rings. The van der Waals surface area contributed by atoms with Crippen molar-refractivity contribution in [2.75, 3.05) is 0 Å². The summed E-state index contributed by atoms with van der Waals surface area (Å²) in [4.78, 5) is 4.73. The Bertz CT molecular complexity index is 518. The summed E-state index contributed by atoms with van der Waals surface area (Å²) in [6, 6.07) is 3.85. The summed E-state index contributed by atoms with van der Waals surface area (Å²) in [5.41, 5.74) is 8.13. The summed E-state index contributed by atoms with van der Waals surface area (Å²) < 4.78 is 2.88. The van der Waals surface area contributed by atoms with Gasteiger partial charge in [-0.25, -0.2) is 4.98 Å². The molecule has 0 spiro atoms. The van der Waals surface area contributed by atoms with Gasteiger partial charge in [0.05, 0.1) is 5.69 Å². The van der Waals surface area contributed by atoms with Crippen LogP contribution < -0.4 is 5.73 Å². The fourth-order valence-corrected chi connectivity index (χ4v) is 2.00. The molecule has 0 saturated heterocycles. The van der Waals surface area contributed by atoms with Crippen molar-refractivity contribution in [2.45, 2.75) is 6.92 Å². The maximum Gasteiger partial charge on any atom is 0.138 e. The number of thiocarbonyl (C=S) groups is 1. The summed E-state index contributed by atoms with van der Waals surface area (Å²) in [5.74, 6) is 0. The van der Waals surface area contributed by atoms with Crippen LogP contribution in [0.25, 0.3) is 5.65 Å². The van der Waals surface area contributed by atoms with E-state index in [2.05, 4.69) is 20.9 Å². The Morgan fingerprint density at radius 3 is 3.00 bits per heavy atom. The predicted molar refractivity (Wildman–Crippen MR) is 63.5 cm³/mol. The summed E-state index contributed by atoms with van der Waals surface area (Å²) >= 11 is 8.35. The number of hydrogen-bond acceptors (Lipinski definition) is 2. The molecule has 0 aliphatic heterocycles. The fraction of sp³-hybridized carbons (Fsp3) is 0.111. The molecule has 0 aliphatic carbocycles. The predicted octanol–water partition coefficient (Wildman–Crippen LogP) is 2.04. The van der Waals surface area contributed by atoms with Crippen molar-refractivity contribution in [3.63, 3.8) is 0 Å². The molecule has 2 heterocycles. The van der Waals surface area contributed by atoms with Crippen molar-refractivity contribution >= 4 is 38.8 Å². The van der Waals surface area contributed by atoms with E-state index in [9.17, 15) is 0 Å². The number of hydrogen-bond donors (Lipinski definition) is 1. The van der Waals surface area contributed by atoms with Gasteiger partial charge in [0.1, 0.15) is 16.3 Å². The lowest BCUT2D eigenvalue weighted by Gasteiger charge is -1.99. The number of imidazole rings is 1. The Labute approximate surface area is 95.1 Å². The largest absolute Gasteiger partial charge is 0.388 e. The number of nitrogens with two attached hydrogens (primary N) is 1. The van der Waals surface area contributed by atoms with Crippen LogP contribution in [0.2, 0.25) is 0 Å². The minimum absolute atomic E-state index is 0.373. The third kappa shape index (κ3) is 1.42. The van der Waals surface area contributed by atoms with Crippen LogP contribution >= 0.6 is 28.1 Å². The van der Waals surface area contributed by atoms with Crippen molar-refractivity contribution in [2.24, 2.45) is 5.73 Å². The topological polar surface area (TPSA) is 43.3 Å². The van der Waals surface area contributed by atoms with Crippen molar-refractivity contribution in [3.05, 3.63) is 34.2 Å². The van der Waals surface area contributed by atoms with Crippen molar-refractivity contribution in [3.8, 4) is 0 Å². The van der Waals surface area contributed by atoms with Crippen LogP contribution in [0.1, 0.15) is 11.4 Å². The van der Waals surface area contributed by atoms with E-state index in [1.165, 1.54) is 0 Å². The SMILES string of the molecule is Cc1nc2cc(Br)ccn2c1C(N)=S. The molecule has 2 aromatic heterocycles. The van der Waals surface area contributed by atoms with Crippen LogP contribution in [0.4, 0.5) is 0 Å². The van der Waals surface area contributed by atoms with Crippen LogP contribution in [0.5, 0.6) is 0 Å². The molecule has 2 aromatic rings. The van der Waals surface area contributed by atoms with Gasteiger partial charge in [0.25, 0.3) is 0 Å². The zero-order chi connectivity index (χ0) is 10.3. The van der Waals surface area contributed by atoms with Gasteiger partial charge in [-0.15, -0.1) is 0 Å². The van der Waals surface area contributed by atoms with Crippen LogP contribution in [0.15, 0.2) is 22.8 Å². The quantitative estimate of drug-likeness (QED) is 0.806. The van der Waals surface area contributed by atoms with Gasteiger partial charge in [0, 0.05) is 10.7 Å². The molecule has 2 rings (SSSR count). The van der Waals surface area contributed by atoms with E-state index in [-0.39, 0.29) is 0 Å². The molecule has 0 unspecified atom stereocenters. The van der Waals surface area contributed by atoms with Gasteiger partial charge < -0.3 is 5.73 Å². The molecule has 14 heavy (non-hydrogen) atoms.